The van der Waals surface area contributed by atoms with Gasteiger partial charge in [0.2, 0.25) is 11.8 Å². The minimum Gasteiger partial charge on any atom is -0.472 e. The summed E-state index contributed by atoms with van der Waals surface area (Å²) in [7, 11) is 0. The maximum Gasteiger partial charge on any atom is 0.254 e. The molecule has 23 heavy (non-hydrogen) atoms. The molecule has 1 heterocycles. The average Bonchev–Trinajstić information content (AvgIpc) is 3.03. The molecular weight excluding hydrogens is 298 g/mol. The average molecular weight is 315 g/mol. The summed E-state index contributed by atoms with van der Waals surface area (Å²) in [6.45, 7) is 1.89. The lowest BCUT2D eigenvalue weighted by atomic mass is 10.1. The summed E-state index contributed by atoms with van der Waals surface area (Å²) >= 11 is 0. The van der Waals surface area contributed by atoms with E-state index >= 15 is 0 Å². The van der Waals surface area contributed by atoms with E-state index in [4.69, 9.17) is 10.2 Å². The molecule has 0 unspecified atom stereocenters. The van der Waals surface area contributed by atoms with Crippen molar-refractivity contribution in [2.24, 2.45) is 5.73 Å². The molecule has 0 saturated carbocycles. The van der Waals surface area contributed by atoms with Crippen LogP contribution in [0.15, 0.2) is 41.2 Å². The minimum absolute atomic E-state index is 0.101. The first kappa shape index (κ1) is 16.3. The second-order valence-electron chi connectivity index (χ2n) is 4.91. The van der Waals surface area contributed by atoms with Crippen molar-refractivity contribution in [3.8, 4) is 0 Å². The lowest BCUT2D eigenvalue weighted by molar-refractivity contribution is -0.116. The van der Waals surface area contributed by atoms with Crippen LogP contribution in [-0.4, -0.2) is 24.3 Å². The molecule has 0 radical (unpaired) electrons. The summed E-state index contributed by atoms with van der Waals surface area (Å²) < 4.78 is 4.81. The number of nitrogens with one attached hydrogen (secondary N) is 2. The molecule has 4 N–H and O–H groups in total. The molecule has 1 aromatic carbocycles. The van der Waals surface area contributed by atoms with Crippen LogP contribution in [0.25, 0.3) is 0 Å². The Labute approximate surface area is 132 Å². The second-order valence-corrected chi connectivity index (χ2v) is 4.91. The number of carbonyl (C=O) groups excluding carboxylic acids is 3. The highest BCUT2D eigenvalue weighted by Crippen LogP contribution is 2.18. The van der Waals surface area contributed by atoms with Gasteiger partial charge < -0.3 is 20.8 Å². The standard InChI is InChI=1S/C16H17N3O4/c1-10-12(15(17)21)3-2-4-13(10)19-14(20)5-7-18-16(22)11-6-8-23-9-11/h2-4,6,8-9H,5,7H2,1H3,(H2,17,21)(H,18,22)(H,19,20). The van der Waals surface area contributed by atoms with Crippen molar-refractivity contribution in [2.75, 3.05) is 11.9 Å². The van der Waals surface area contributed by atoms with E-state index in [0.717, 1.165) is 0 Å². The molecular formula is C16H17N3O4. The molecule has 2 aromatic rings. The third-order valence-electron chi connectivity index (χ3n) is 3.29. The lowest BCUT2D eigenvalue weighted by Crippen LogP contribution is -2.27. The predicted octanol–water partition coefficient (Wildman–Crippen LogP) is 1.45. The molecule has 0 fully saturated rings. The highest BCUT2D eigenvalue weighted by atomic mass is 16.3. The van der Waals surface area contributed by atoms with E-state index in [1.807, 2.05) is 0 Å². The van der Waals surface area contributed by atoms with Crippen molar-refractivity contribution in [2.45, 2.75) is 13.3 Å². The van der Waals surface area contributed by atoms with Gasteiger partial charge in [0.15, 0.2) is 0 Å². The van der Waals surface area contributed by atoms with Crippen LogP contribution in [0.4, 0.5) is 5.69 Å². The number of carbonyl (C=O) groups is 3. The Morgan fingerprint density at radius 3 is 2.65 bits per heavy atom. The van der Waals surface area contributed by atoms with Crippen LogP contribution in [0.5, 0.6) is 0 Å². The summed E-state index contributed by atoms with van der Waals surface area (Å²) in [5.74, 6) is -1.13. The largest absolute Gasteiger partial charge is 0.472 e. The number of hydrogen-bond donors (Lipinski definition) is 3. The van der Waals surface area contributed by atoms with Crippen molar-refractivity contribution >= 4 is 23.4 Å². The van der Waals surface area contributed by atoms with Crippen molar-refractivity contribution in [1.29, 1.82) is 0 Å². The number of rotatable bonds is 6. The van der Waals surface area contributed by atoms with Gasteiger partial charge in [0.05, 0.1) is 11.8 Å². The van der Waals surface area contributed by atoms with E-state index < -0.39 is 5.91 Å². The molecule has 0 spiro atoms. The molecule has 0 aliphatic carbocycles. The number of primary amides is 1. The number of anilines is 1. The Kier molecular flexibility index (Phi) is 5.14. The maximum absolute atomic E-state index is 11.9. The molecule has 120 valence electrons. The quantitative estimate of drug-likeness (QED) is 0.748. The fraction of sp³-hybridized carbons (Fsp3) is 0.188. The van der Waals surface area contributed by atoms with Crippen LogP contribution in [0.1, 0.15) is 32.7 Å². The van der Waals surface area contributed by atoms with Crippen LogP contribution >= 0.6 is 0 Å². The smallest absolute Gasteiger partial charge is 0.254 e. The highest BCUT2D eigenvalue weighted by molar-refractivity contribution is 5.98. The van der Waals surface area contributed by atoms with Crippen LogP contribution in [-0.2, 0) is 4.79 Å². The van der Waals surface area contributed by atoms with Crippen molar-refractivity contribution in [3.05, 3.63) is 53.5 Å². The lowest BCUT2D eigenvalue weighted by Gasteiger charge is -2.11. The molecule has 1 aromatic heterocycles. The Balaban J connectivity index is 1.87. The van der Waals surface area contributed by atoms with Crippen LogP contribution in [0, 0.1) is 6.92 Å². The minimum atomic E-state index is -0.550. The zero-order valence-electron chi connectivity index (χ0n) is 12.6. The van der Waals surface area contributed by atoms with Gasteiger partial charge in [0.1, 0.15) is 6.26 Å². The van der Waals surface area contributed by atoms with Gasteiger partial charge in [-0.1, -0.05) is 6.07 Å². The summed E-state index contributed by atoms with van der Waals surface area (Å²) in [4.78, 5) is 34.9. The number of hydrogen-bond acceptors (Lipinski definition) is 4. The molecule has 3 amide bonds. The summed E-state index contributed by atoms with van der Waals surface area (Å²) in [5.41, 5.74) is 7.15. The Morgan fingerprint density at radius 1 is 1.22 bits per heavy atom. The first-order valence-electron chi connectivity index (χ1n) is 6.98. The van der Waals surface area contributed by atoms with Crippen molar-refractivity contribution in [3.63, 3.8) is 0 Å². The molecule has 0 aliphatic heterocycles. The second kappa shape index (κ2) is 7.26. The number of furan rings is 1. The summed E-state index contributed by atoms with van der Waals surface area (Å²) in [6.07, 6.45) is 2.83. The number of nitrogens with two attached hydrogens (primary N) is 1. The molecule has 0 saturated heterocycles. The van der Waals surface area contributed by atoms with Gasteiger partial charge in [-0.05, 0) is 30.7 Å². The van der Waals surface area contributed by atoms with E-state index in [1.54, 1.807) is 25.1 Å². The normalized spacial score (nSPS) is 10.1. The van der Waals surface area contributed by atoms with Gasteiger partial charge in [-0.3, -0.25) is 14.4 Å². The molecule has 2 rings (SSSR count). The fourth-order valence-electron chi connectivity index (χ4n) is 2.04. The SMILES string of the molecule is Cc1c(NC(=O)CCNC(=O)c2ccoc2)cccc1C(N)=O. The van der Waals surface area contributed by atoms with E-state index in [9.17, 15) is 14.4 Å². The molecule has 0 bridgehead atoms. The van der Waals surface area contributed by atoms with Crippen LogP contribution < -0.4 is 16.4 Å². The van der Waals surface area contributed by atoms with Gasteiger partial charge in [0, 0.05) is 24.2 Å². The monoisotopic (exact) mass is 315 g/mol. The predicted molar refractivity (Wildman–Crippen MR) is 84.0 cm³/mol. The first-order chi connectivity index (χ1) is 11.0. The number of amides is 3. The van der Waals surface area contributed by atoms with Gasteiger partial charge in [-0.15, -0.1) is 0 Å². The first-order valence-corrected chi connectivity index (χ1v) is 6.98. The third kappa shape index (κ3) is 4.19. The third-order valence-corrected chi connectivity index (χ3v) is 3.29. The fourth-order valence-corrected chi connectivity index (χ4v) is 2.04. The topological polar surface area (TPSA) is 114 Å². The molecule has 7 heteroatoms. The van der Waals surface area contributed by atoms with Gasteiger partial charge >= 0.3 is 0 Å². The van der Waals surface area contributed by atoms with E-state index in [0.29, 0.717) is 22.4 Å². The summed E-state index contributed by atoms with van der Waals surface area (Å²) in [5, 5.41) is 5.31. The van der Waals surface area contributed by atoms with Gasteiger partial charge in [0.25, 0.3) is 5.91 Å². The van der Waals surface area contributed by atoms with Gasteiger partial charge in [-0.2, -0.15) is 0 Å². The van der Waals surface area contributed by atoms with Crippen molar-refractivity contribution in [1.82, 2.24) is 5.32 Å². The Morgan fingerprint density at radius 2 is 2.00 bits per heavy atom. The van der Waals surface area contributed by atoms with E-state index in [-0.39, 0.29) is 24.8 Å². The van der Waals surface area contributed by atoms with Crippen LogP contribution in [0.3, 0.4) is 0 Å². The van der Waals surface area contributed by atoms with Crippen LogP contribution in [0.2, 0.25) is 0 Å². The zero-order valence-corrected chi connectivity index (χ0v) is 12.6. The Bertz CT molecular complexity index is 723. The highest BCUT2D eigenvalue weighted by Gasteiger charge is 2.11. The van der Waals surface area contributed by atoms with E-state index in [2.05, 4.69) is 10.6 Å². The molecule has 7 nitrogen and oxygen atoms in total. The maximum atomic E-state index is 11.9. The number of benzene rings is 1. The Hall–Kier alpha value is -3.09. The van der Waals surface area contributed by atoms with Crippen molar-refractivity contribution < 1.29 is 18.8 Å². The molecule has 0 aliphatic rings. The summed E-state index contributed by atoms with van der Waals surface area (Å²) in [6, 6.07) is 6.46. The van der Waals surface area contributed by atoms with Gasteiger partial charge in [-0.25, -0.2) is 0 Å². The molecule has 0 atom stereocenters. The van der Waals surface area contributed by atoms with E-state index in [1.165, 1.54) is 18.6 Å². The zero-order chi connectivity index (χ0) is 16.8.